The first-order valence-corrected chi connectivity index (χ1v) is 9.38. The lowest BCUT2D eigenvalue weighted by molar-refractivity contribution is -0.133. The number of aliphatic carboxylic acids is 1. The van der Waals surface area contributed by atoms with Crippen LogP contribution in [0.1, 0.15) is 26.7 Å². The van der Waals surface area contributed by atoms with Crippen molar-refractivity contribution >= 4 is 17.7 Å². The third kappa shape index (κ3) is 4.25. The van der Waals surface area contributed by atoms with Crippen LogP contribution >= 0.6 is 11.8 Å². The predicted octanol–water partition coefficient (Wildman–Crippen LogP) is 2.26. The van der Waals surface area contributed by atoms with Gasteiger partial charge >= 0.3 is 5.97 Å². The molecule has 6 nitrogen and oxygen atoms in total. The van der Waals surface area contributed by atoms with E-state index in [1.54, 1.807) is 11.8 Å². The van der Waals surface area contributed by atoms with E-state index < -0.39 is 5.97 Å². The number of ether oxygens (including phenoxy) is 1. The lowest BCUT2D eigenvalue weighted by atomic mass is 10.0. The van der Waals surface area contributed by atoms with Crippen LogP contribution in [0.5, 0.6) is 0 Å². The number of allylic oxidation sites excluding steroid dienone is 2. The van der Waals surface area contributed by atoms with Gasteiger partial charge in [0.25, 0.3) is 0 Å². The number of carbonyl (C=O) groups is 1. The van der Waals surface area contributed by atoms with Gasteiger partial charge in [0.1, 0.15) is 11.2 Å². The minimum atomic E-state index is -0.860. The van der Waals surface area contributed by atoms with Crippen molar-refractivity contribution in [2.45, 2.75) is 32.1 Å². The summed E-state index contributed by atoms with van der Waals surface area (Å²) in [6.07, 6.45) is 3.18. The maximum atomic E-state index is 11.8. The normalized spacial score (nSPS) is 21.5. The molecule has 132 valence electrons. The lowest BCUT2D eigenvalue weighted by Crippen LogP contribution is -2.48. The summed E-state index contributed by atoms with van der Waals surface area (Å²) in [5.41, 5.74) is 1.27. The zero-order valence-corrected chi connectivity index (χ0v) is 15.1. The molecule has 0 aromatic carbocycles. The number of nitrogens with zero attached hydrogens (tertiary/aromatic N) is 3. The number of unbranched alkanes of at least 4 members (excludes halogenated alkanes) is 1. The van der Waals surface area contributed by atoms with Crippen LogP contribution in [-0.4, -0.2) is 64.9 Å². The number of carboxylic acid groups (broad SMARTS) is 1. The summed E-state index contributed by atoms with van der Waals surface area (Å²) in [4.78, 5) is 16.2. The van der Waals surface area contributed by atoms with E-state index in [1.807, 2.05) is 19.9 Å². The van der Waals surface area contributed by atoms with Crippen molar-refractivity contribution in [3.63, 3.8) is 0 Å². The zero-order chi connectivity index (χ0) is 17.5. The molecule has 2 rings (SSSR count). The molecule has 0 saturated carbocycles. The summed E-state index contributed by atoms with van der Waals surface area (Å²) >= 11 is 1.63. The van der Waals surface area contributed by atoms with Gasteiger partial charge in [-0.2, -0.15) is 5.26 Å². The smallest absolute Gasteiger partial charge is 0.334 e. The quantitative estimate of drug-likeness (QED) is 0.705. The van der Waals surface area contributed by atoms with E-state index in [2.05, 4.69) is 15.9 Å². The van der Waals surface area contributed by atoms with E-state index in [0.29, 0.717) is 31.8 Å². The molecule has 0 spiro atoms. The molecule has 0 radical (unpaired) electrons. The van der Waals surface area contributed by atoms with Gasteiger partial charge in [-0.1, -0.05) is 6.92 Å². The molecular weight excluding hydrogens is 326 g/mol. The van der Waals surface area contributed by atoms with Gasteiger partial charge in [0, 0.05) is 26.1 Å². The lowest BCUT2D eigenvalue weighted by Gasteiger charge is -2.44. The fraction of sp³-hybridized carbons (Fsp3) is 0.647. The average Bonchev–Trinajstić information content (AvgIpc) is 2.57. The second-order valence-corrected chi connectivity index (χ2v) is 7.12. The van der Waals surface area contributed by atoms with Crippen molar-refractivity contribution in [2.75, 3.05) is 38.6 Å². The molecular formula is C17H25N3O3S. The summed E-state index contributed by atoms with van der Waals surface area (Å²) in [6.45, 7) is 7.57. The molecule has 1 fully saturated rings. The summed E-state index contributed by atoms with van der Waals surface area (Å²) in [5.74, 6) is 1.03. The third-order valence-corrected chi connectivity index (χ3v) is 5.31. The summed E-state index contributed by atoms with van der Waals surface area (Å²) in [6, 6.07) is 2.18. The maximum Gasteiger partial charge on any atom is 0.334 e. The van der Waals surface area contributed by atoms with E-state index in [9.17, 15) is 9.90 Å². The van der Waals surface area contributed by atoms with Crippen molar-refractivity contribution < 1.29 is 14.6 Å². The highest BCUT2D eigenvalue weighted by atomic mass is 32.2. The van der Waals surface area contributed by atoms with Crippen LogP contribution in [0.15, 0.2) is 23.0 Å². The number of hydrogen-bond acceptors (Lipinski definition) is 6. The monoisotopic (exact) mass is 351 g/mol. The predicted molar refractivity (Wildman–Crippen MR) is 94.3 cm³/mol. The largest absolute Gasteiger partial charge is 0.478 e. The van der Waals surface area contributed by atoms with Gasteiger partial charge in [-0.3, -0.25) is 0 Å². The first kappa shape index (κ1) is 18.7. The number of rotatable bonds is 7. The molecule has 1 N–H and O–H groups in total. The van der Waals surface area contributed by atoms with Gasteiger partial charge in [-0.05, 0) is 30.7 Å². The minimum absolute atomic E-state index is 0.214. The molecule has 0 aliphatic carbocycles. The number of hydrogen-bond donors (Lipinski definition) is 1. The highest BCUT2D eigenvalue weighted by Gasteiger charge is 2.35. The van der Waals surface area contributed by atoms with Crippen LogP contribution in [-0.2, 0) is 9.53 Å². The van der Waals surface area contributed by atoms with E-state index in [1.165, 1.54) is 0 Å². The SMILES string of the molecule is CCSC1C(C(=O)O)=C(C)C=C(N2CCOCC2)N1CCCC#N. The van der Waals surface area contributed by atoms with Gasteiger partial charge in [0.2, 0.25) is 0 Å². The Bertz CT molecular complexity index is 562. The molecule has 1 atom stereocenters. The molecule has 7 heteroatoms. The van der Waals surface area contributed by atoms with Crippen molar-refractivity contribution in [3.8, 4) is 6.07 Å². The van der Waals surface area contributed by atoms with Crippen molar-refractivity contribution in [1.29, 1.82) is 5.26 Å². The highest BCUT2D eigenvalue weighted by Crippen LogP contribution is 2.35. The van der Waals surface area contributed by atoms with Gasteiger partial charge in [0.15, 0.2) is 0 Å². The summed E-state index contributed by atoms with van der Waals surface area (Å²) in [5, 5.41) is 18.3. The van der Waals surface area contributed by atoms with E-state index in [0.717, 1.165) is 36.7 Å². The van der Waals surface area contributed by atoms with Crippen LogP contribution in [0.25, 0.3) is 0 Å². The molecule has 2 aliphatic heterocycles. The van der Waals surface area contributed by atoms with Crippen LogP contribution in [0.4, 0.5) is 0 Å². The molecule has 2 heterocycles. The first-order valence-electron chi connectivity index (χ1n) is 8.33. The third-order valence-electron chi connectivity index (χ3n) is 4.17. The van der Waals surface area contributed by atoms with Gasteiger partial charge in [-0.25, -0.2) is 4.79 Å². The number of thioether (sulfide) groups is 1. The van der Waals surface area contributed by atoms with E-state index >= 15 is 0 Å². The van der Waals surface area contributed by atoms with Gasteiger partial charge < -0.3 is 19.6 Å². The first-order chi connectivity index (χ1) is 11.6. The van der Waals surface area contributed by atoms with Crippen molar-refractivity contribution in [1.82, 2.24) is 9.80 Å². The summed E-state index contributed by atoms with van der Waals surface area (Å²) in [7, 11) is 0. The van der Waals surface area contributed by atoms with Crippen molar-refractivity contribution in [2.24, 2.45) is 0 Å². The average molecular weight is 351 g/mol. The second-order valence-electron chi connectivity index (χ2n) is 5.77. The molecule has 24 heavy (non-hydrogen) atoms. The molecule has 1 saturated heterocycles. The molecule has 0 bridgehead atoms. The van der Waals surface area contributed by atoms with Gasteiger partial charge in [-0.15, -0.1) is 11.8 Å². The zero-order valence-electron chi connectivity index (χ0n) is 14.3. The fourth-order valence-corrected chi connectivity index (χ4v) is 4.22. The van der Waals surface area contributed by atoms with Crippen molar-refractivity contribution in [3.05, 3.63) is 23.0 Å². The minimum Gasteiger partial charge on any atom is -0.478 e. The molecule has 0 aromatic rings. The Morgan fingerprint density at radius 3 is 2.79 bits per heavy atom. The molecule has 2 aliphatic rings. The molecule has 1 unspecified atom stereocenters. The molecule has 0 amide bonds. The maximum absolute atomic E-state index is 11.8. The van der Waals surface area contributed by atoms with Crippen LogP contribution in [0.3, 0.4) is 0 Å². The summed E-state index contributed by atoms with van der Waals surface area (Å²) < 4.78 is 5.44. The Morgan fingerprint density at radius 1 is 1.50 bits per heavy atom. The van der Waals surface area contributed by atoms with E-state index in [4.69, 9.17) is 10.00 Å². The standard InChI is InChI=1S/C17H25N3O3S/c1-3-24-16-15(17(21)22)13(2)12-14(19-8-10-23-11-9-19)20(16)7-5-4-6-18/h12,16H,3-5,7-11H2,1-2H3,(H,21,22). The Kier molecular flexibility index (Phi) is 7.00. The van der Waals surface area contributed by atoms with Crippen LogP contribution in [0.2, 0.25) is 0 Å². The Hall–Kier alpha value is -1.65. The Balaban J connectivity index is 2.36. The number of morpholine rings is 1. The van der Waals surface area contributed by atoms with Gasteiger partial charge in [0.05, 0.1) is 24.9 Å². The Labute approximate surface area is 147 Å². The fourth-order valence-electron chi connectivity index (χ4n) is 3.06. The van der Waals surface area contributed by atoms with Crippen LogP contribution in [0, 0.1) is 11.3 Å². The highest BCUT2D eigenvalue weighted by molar-refractivity contribution is 8.00. The topological polar surface area (TPSA) is 76.8 Å². The van der Waals surface area contributed by atoms with Crippen LogP contribution < -0.4 is 0 Å². The Morgan fingerprint density at radius 2 is 2.21 bits per heavy atom. The number of carboxylic acids is 1. The molecule has 0 aromatic heterocycles. The van der Waals surface area contributed by atoms with E-state index in [-0.39, 0.29) is 5.37 Å². The number of nitriles is 1. The second kappa shape index (κ2) is 9.00.